The number of benzene rings is 3. The second-order valence-electron chi connectivity index (χ2n) is 10.3. The number of carbonyl (C=O) groups excluding carboxylic acids is 2. The Hall–Kier alpha value is -3.62. The van der Waals surface area contributed by atoms with Crippen molar-refractivity contribution in [1.29, 1.82) is 0 Å². The van der Waals surface area contributed by atoms with Crippen LogP contribution in [-0.2, 0) is 19.4 Å². The molecule has 6 nitrogen and oxygen atoms in total. The van der Waals surface area contributed by atoms with Crippen LogP contribution in [0.1, 0.15) is 63.7 Å². The third kappa shape index (κ3) is 8.70. The van der Waals surface area contributed by atoms with Crippen LogP contribution in [-0.4, -0.2) is 46.6 Å². The number of rotatable bonds is 11. The Morgan fingerprint density at radius 1 is 0.949 bits per heavy atom. The zero-order valence-corrected chi connectivity index (χ0v) is 22.9. The number of nitrogens with one attached hydrogen (secondary N) is 1. The van der Waals surface area contributed by atoms with Crippen LogP contribution >= 0.6 is 0 Å². The van der Waals surface area contributed by atoms with E-state index in [0.29, 0.717) is 16.7 Å². The monoisotopic (exact) mass is 537 g/mol. The van der Waals surface area contributed by atoms with E-state index in [1.165, 1.54) is 17.0 Å². The molecule has 0 radical (unpaired) electrons. The number of aryl methyl sites for hydroxylation is 2. The minimum absolute atomic E-state index is 0.0210. The first-order valence-corrected chi connectivity index (χ1v) is 13.1. The van der Waals surface area contributed by atoms with Gasteiger partial charge in [0.1, 0.15) is 11.6 Å². The number of hydrogen-bond donors (Lipinski definition) is 3. The maximum Gasteiger partial charge on any atom is 0.254 e. The molecule has 0 spiro atoms. The summed E-state index contributed by atoms with van der Waals surface area (Å²) in [7, 11) is 0. The summed E-state index contributed by atoms with van der Waals surface area (Å²) in [5, 5.41) is 13.8. The van der Waals surface area contributed by atoms with E-state index in [-0.39, 0.29) is 37.4 Å². The number of nitrogens with zero attached hydrogens (tertiary/aromatic N) is 1. The van der Waals surface area contributed by atoms with Crippen molar-refractivity contribution < 1.29 is 23.5 Å². The van der Waals surface area contributed by atoms with E-state index < -0.39 is 23.8 Å². The van der Waals surface area contributed by atoms with Crippen LogP contribution in [0, 0.1) is 18.6 Å². The number of carbonyl (C=O) groups is 2. The summed E-state index contributed by atoms with van der Waals surface area (Å²) in [6, 6.07) is 14.9. The van der Waals surface area contributed by atoms with Gasteiger partial charge in [-0.3, -0.25) is 9.59 Å². The molecule has 0 heterocycles. The average molecular weight is 538 g/mol. The highest BCUT2D eigenvalue weighted by Crippen LogP contribution is 2.18. The van der Waals surface area contributed by atoms with Crippen molar-refractivity contribution >= 4 is 11.8 Å². The first-order valence-electron chi connectivity index (χ1n) is 13.1. The van der Waals surface area contributed by atoms with Crippen molar-refractivity contribution in [3.8, 4) is 0 Å². The minimum atomic E-state index is -1.18. The second kappa shape index (κ2) is 13.4. The van der Waals surface area contributed by atoms with E-state index in [2.05, 4.69) is 5.32 Å². The fraction of sp³-hybridized carbons (Fsp3) is 0.355. The number of aliphatic hydroxyl groups is 1. The van der Waals surface area contributed by atoms with Crippen LogP contribution in [0.4, 0.5) is 8.78 Å². The summed E-state index contributed by atoms with van der Waals surface area (Å²) in [6.45, 7) is 7.64. The standard InChI is InChI=1S/C31H37F2N3O3/c1-5-21-7-6-8-22(11-21)17-36(18-29(37)28(34)14-23-12-26(32)16-27(33)13-23)31(39)25-10-20(4)9-24(15-25)30(38)35-19(2)3/h6-13,15-16,19,28-29,37H,5,14,17-18,34H2,1-4H3,(H,35,38)/t28-,29+/m0/s1. The molecule has 4 N–H and O–H groups in total. The van der Waals surface area contributed by atoms with Crippen LogP contribution in [0.5, 0.6) is 0 Å². The molecule has 0 saturated heterocycles. The molecular formula is C31H37F2N3O3. The third-order valence-electron chi connectivity index (χ3n) is 6.36. The molecule has 0 aliphatic carbocycles. The predicted molar refractivity (Wildman–Crippen MR) is 148 cm³/mol. The summed E-state index contributed by atoms with van der Waals surface area (Å²) in [5.74, 6) is -2.11. The van der Waals surface area contributed by atoms with Crippen molar-refractivity contribution in [3.05, 3.63) is 106 Å². The molecule has 3 aromatic rings. The molecule has 0 saturated carbocycles. The molecule has 3 aromatic carbocycles. The second-order valence-corrected chi connectivity index (χ2v) is 10.3. The molecule has 0 unspecified atom stereocenters. The van der Waals surface area contributed by atoms with Gasteiger partial charge in [0, 0.05) is 42.4 Å². The fourth-order valence-electron chi connectivity index (χ4n) is 4.45. The van der Waals surface area contributed by atoms with Gasteiger partial charge in [-0.15, -0.1) is 0 Å². The molecule has 39 heavy (non-hydrogen) atoms. The van der Waals surface area contributed by atoms with Crippen molar-refractivity contribution in [1.82, 2.24) is 10.2 Å². The van der Waals surface area contributed by atoms with Gasteiger partial charge in [-0.05, 0) is 86.2 Å². The van der Waals surface area contributed by atoms with Crippen LogP contribution < -0.4 is 11.1 Å². The van der Waals surface area contributed by atoms with Crippen LogP contribution in [0.15, 0.2) is 60.7 Å². The molecule has 0 fully saturated rings. The van der Waals surface area contributed by atoms with Crippen molar-refractivity contribution in [2.75, 3.05) is 6.54 Å². The predicted octanol–water partition coefficient (Wildman–Crippen LogP) is 4.55. The Labute approximate surface area is 228 Å². The lowest BCUT2D eigenvalue weighted by molar-refractivity contribution is 0.0554. The van der Waals surface area contributed by atoms with E-state index in [4.69, 9.17) is 5.73 Å². The summed E-state index contributed by atoms with van der Waals surface area (Å²) in [4.78, 5) is 27.9. The first-order chi connectivity index (χ1) is 18.4. The molecule has 0 bridgehead atoms. The maximum absolute atomic E-state index is 13.8. The summed E-state index contributed by atoms with van der Waals surface area (Å²) in [5.41, 5.74) is 9.94. The molecule has 0 aliphatic rings. The van der Waals surface area contributed by atoms with Gasteiger partial charge in [-0.2, -0.15) is 0 Å². The smallest absolute Gasteiger partial charge is 0.254 e. The molecule has 0 aromatic heterocycles. The van der Waals surface area contributed by atoms with E-state index in [0.717, 1.165) is 29.2 Å². The van der Waals surface area contributed by atoms with Crippen LogP contribution in [0.3, 0.4) is 0 Å². The van der Waals surface area contributed by atoms with Gasteiger partial charge in [0.05, 0.1) is 6.10 Å². The van der Waals surface area contributed by atoms with Gasteiger partial charge in [0.25, 0.3) is 11.8 Å². The summed E-state index contributed by atoms with van der Waals surface area (Å²) < 4.78 is 27.3. The number of aliphatic hydroxyl groups excluding tert-OH is 1. The third-order valence-corrected chi connectivity index (χ3v) is 6.36. The number of halogens is 2. The SMILES string of the molecule is CCc1cccc(CN(C[C@@H](O)[C@@H](N)Cc2cc(F)cc(F)c2)C(=O)c2cc(C)cc(C(=O)NC(C)C)c2)c1. The Balaban J connectivity index is 1.89. The van der Waals surface area contributed by atoms with Gasteiger partial charge < -0.3 is 21.1 Å². The highest BCUT2D eigenvalue weighted by molar-refractivity contribution is 6.00. The van der Waals surface area contributed by atoms with E-state index in [9.17, 15) is 23.5 Å². The largest absolute Gasteiger partial charge is 0.390 e. The number of hydrogen-bond acceptors (Lipinski definition) is 4. The maximum atomic E-state index is 13.8. The van der Waals surface area contributed by atoms with Gasteiger partial charge in [-0.1, -0.05) is 31.2 Å². The lowest BCUT2D eigenvalue weighted by Gasteiger charge is -2.29. The minimum Gasteiger partial charge on any atom is -0.390 e. The Kier molecular flexibility index (Phi) is 10.3. The summed E-state index contributed by atoms with van der Waals surface area (Å²) >= 11 is 0. The van der Waals surface area contributed by atoms with E-state index >= 15 is 0 Å². The quantitative estimate of drug-likeness (QED) is 0.335. The Morgan fingerprint density at radius 2 is 1.59 bits per heavy atom. The molecule has 208 valence electrons. The van der Waals surface area contributed by atoms with Gasteiger partial charge >= 0.3 is 0 Å². The lowest BCUT2D eigenvalue weighted by Crippen LogP contribution is -2.46. The highest BCUT2D eigenvalue weighted by atomic mass is 19.1. The van der Waals surface area contributed by atoms with Crippen LogP contribution in [0.2, 0.25) is 0 Å². The van der Waals surface area contributed by atoms with Crippen molar-refractivity contribution in [2.24, 2.45) is 5.73 Å². The van der Waals surface area contributed by atoms with Gasteiger partial charge in [0.15, 0.2) is 0 Å². The molecule has 2 atom stereocenters. The van der Waals surface area contributed by atoms with Crippen molar-refractivity contribution in [3.63, 3.8) is 0 Å². The fourth-order valence-corrected chi connectivity index (χ4v) is 4.45. The van der Waals surface area contributed by atoms with Crippen molar-refractivity contribution in [2.45, 2.75) is 65.3 Å². The number of amides is 2. The summed E-state index contributed by atoms with van der Waals surface area (Å²) in [6.07, 6.45) is -0.332. The Morgan fingerprint density at radius 3 is 2.23 bits per heavy atom. The zero-order chi connectivity index (χ0) is 28.7. The highest BCUT2D eigenvalue weighted by Gasteiger charge is 2.25. The molecule has 0 aliphatic heterocycles. The average Bonchev–Trinajstić information content (AvgIpc) is 2.86. The van der Waals surface area contributed by atoms with Gasteiger partial charge in [-0.25, -0.2) is 8.78 Å². The molecule has 8 heteroatoms. The topological polar surface area (TPSA) is 95.7 Å². The molecular weight excluding hydrogens is 500 g/mol. The van der Waals surface area contributed by atoms with Crippen LogP contribution in [0.25, 0.3) is 0 Å². The lowest BCUT2D eigenvalue weighted by atomic mass is 10.00. The normalized spacial score (nSPS) is 12.7. The number of nitrogens with two attached hydrogens (primary N) is 1. The zero-order valence-electron chi connectivity index (χ0n) is 22.9. The molecule has 3 rings (SSSR count). The Bertz CT molecular complexity index is 1290. The molecule has 2 amide bonds. The van der Waals surface area contributed by atoms with E-state index in [1.807, 2.05) is 45.0 Å². The van der Waals surface area contributed by atoms with E-state index in [1.54, 1.807) is 25.1 Å². The first kappa shape index (κ1) is 29.9. The van der Waals surface area contributed by atoms with Gasteiger partial charge in [0.2, 0.25) is 0 Å².